The van der Waals surface area contributed by atoms with Gasteiger partial charge in [0.15, 0.2) is 0 Å². The first-order valence-corrected chi connectivity index (χ1v) is 43.0. The zero-order valence-corrected chi connectivity index (χ0v) is 65.5. The number of hydrogen-bond acceptors (Lipinski definition) is 7. The number of alkyl halides is 3. The monoisotopic (exact) mass is 1540 g/mol. The molecule has 2 aromatic heterocycles. The summed E-state index contributed by atoms with van der Waals surface area (Å²) in [5.41, 5.74) is 8.68. The highest BCUT2D eigenvalue weighted by molar-refractivity contribution is 7.88. The molecule has 0 bridgehead atoms. The van der Waals surface area contributed by atoms with Crippen LogP contribution in [0.15, 0.2) is 309 Å². The number of fused-ring (bicyclic) bond motifs is 18. The fourth-order valence-electron chi connectivity index (χ4n) is 17.3. The Kier molecular flexibility index (Phi) is 21.3. The number of halogens is 3. The van der Waals surface area contributed by atoms with Gasteiger partial charge in [-0.3, -0.25) is 0 Å². The van der Waals surface area contributed by atoms with E-state index in [0.717, 1.165) is 61.6 Å². The van der Waals surface area contributed by atoms with E-state index in [4.69, 9.17) is 9.68 Å². The Hall–Kier alpha value is -10.7. The quantitative estimate of drug-likeness (QED) is 0.0459. The Labute approximate surface area is 660 Å². The number of rotatable bonds is 11. The summed E-state index contributed by atoms with van der Waals surface area (Å²) in [6, 6.07) is 107. The lowest BCUT2D eigenvalue weighted by atomic mass is 9.91. The molecule has 2 heterocycles. The van der Waals surface area contributed by atoms with Gasteiger partial charge in [0.1, 0.15) is 11.5 Å². The lowest BCUT2D eigenvalue weighted by Gasteiger charge is -2.39. The van der Waals surface area contributed by atoms with Crippen LogP contribution in [-0.4, -0.2) is 38.0 Å². The Morgan fingerprint density at radius 3 is 1.25 bits per heavy atom. The molecule has 2 fully saturated rings. The molecule has 18 aromatic rings. The van der Waals surface area contributed by atoms with E-state index >= 15 is 0 Å². The third-order valence-corrected chi connectivity index (χ3v) is 29.4. The first kappa shape index (κ1) is 74.1. The summed E-state index contributed by atoms with van der Waals surface area (Å²) in [6.07, 6.45) is 14.7. The second kappa shape index (κ2) is 32.2. The topological polar surface area (TPSA) is 72.8 Å². The van der Waals surface area contributed by atoms with E-state index in [1.807, 2.05) is 84.1 Å². The third-order valence-electron chi connectivity index (χ3n) is 22.5. The van der Waals surface area contributed by atoms with Gasteiger partial charge in [0.25, 0.3) is 0 Å². The summed E-state index contributed by atoms with van der Waals surface area (Å²) in [6.45, 7) is 4.59. The molecule has 553 valence electrons. The molecule has 0 unspecified atom stereocenters. The van der Waals surface area contributed by atoms with E-state index in [-0.39, 0.29) is 7.92 Å². The van der Waals surface area contributed by atoms with Gasteiger partial charge >= 0.3 is 23.3 Å². The molecule has 20 rings (SSSR count). The van der Waals surface area contributed by atoms with Crippen molar-refractivity contribution in [1.29, 1.82) is 0 Å². The maximum absolute atomic E-state index is 12.7. The van der Waals surface area contributed by atoms with Gasteiger partial charge in [-0.2, -0.15) is 21.6 Å². The van der Waals surface area contributed by atoms with Gasteiger partial charge in [-0.1, -0.05) is 307 Å². The van der Waals surface area contributed by atoms with Crippen LogP contribution in [0.2, 0.25) is 0 Å². The van der Waals surface area contributed by atoms with Crippen molar-refractivity contribution in [3.8, 4) is 56.0 Å². The molecule has 0 spiro atoms. The molecular weight excluding hydrogens is 1460 g/mol. The van der Waals surface area contributed by atoms with Crippen molar-refractivity contribution in [2.75, 3.05) is 0 Å². The number of benzene rings is 16. The standard InChI is InChI=1S/C36H22S.C26H35P.C25H15F3O3S.C12H8BO2S/c1-2-13-29-27(11-1)28-12-3-4-14-30(28)34-22-24(19-20-31(29)34)23-9-7-10-25(21-23)26-16-8-17-33-32-15-5-6-18-35(32)37-36(26)33;1-20-12-11-13-21(2)26(20)24-18-9-10-19-25(24)27(22-14-5-3-6-15-22)23-16-7-4-8-17-23;26-25(27,28)32(29,30)31-18-7-5-6-16(14-18)17-12-13-23-21-10-2-1-8-19(21)20-9-3-4-11-22(20)24(23)15-17;14-13-15-10-6-3-5-9-8-4-1-2-7-11(8)16-12(9)10/h1-22H;9-13,18-19,22-23H,3-8,14-17H2,1-2H3;1-15H;1-7,14H. The Balaban J connectivity index is 0.000000112. The SMILES string of the molecule is Cc1cccc(C)c1-c1ccccc1P(C1CCCCC1)C1CCCCC1.O=S(=O)(Oc1cccc(-c2ccc3c4ccccc4c4ccccc4c3c2)c1)C(F)(F)F.O[B]Oc1cccc2c1sc1ccccc12.c1cc(-c2ccc3c4ccccc4c4ccccc4c3c2)cc(-c2cccc3c2sc2ccccc23)c1. The first-order chi connectivity index (χ1) is 54.7. The minimum Gasteiger partial charge on any atom is -0.536 e. The third kappa shape index (κ3) is 14.7. The number of thiophene rings is 2. The number of aryl methyl sites for hydroxylation is 2. The molecule has 0 aliphatic heterocycles. The zero-order valence-electron chi connectivity index (χ0n) is 62.1. The average molecular weight is 1540 g/mol. The fraction of sp³-hybridized carbons (Fsp3) is 0.152. The van der Waals surface area contributed by atoms with Crippen LogP contribution >= 0.6 is 30.6 Å². The highest BCUT2D eigenvalue weighted by atomic mass is 32.2. The average Bonchev–Trinajstić information content (AvgIpc) is 1.11. The second-order valence-electron chi connectivity index (χ2n) is 29.3. The maximum Gasteiger partial charge on any atom is 0.569 e. The Morgan fingerprint density at radius 1 is 0.366 bits per heavy atom. The zero-order chi connectivity index (χ0) is 76.5. The van der Waals surface area contributed by atoms with Crippen molar-refractivity contribution >= 4 is 159 Å². The Bertz CT molecular complexity index is 6570. The van der Waals surface area contributed by atoms with Crippen molar-refractivity contribution in [2.24, 2.45) is 0 Å². The van der Waals surface area contributed by atoms with Gasteiger partial charge in [-0.25, -0.2) is 0 Å². The van der Waals surface area contributed by atoms with Crippen LogP contribution in [-0.2, 0) is 10.1 Å². The van der Waals surface area contributed by atoms with Crippen LogP contribution in [0, 0.1) is 13.8 Å². The lowest BCUT2D eigenvalue weighted by molar-refractivity contribution is -0.0500. The summed E-state index contributed by atoms with van der Waals surface area (Å²) in [7, 11) is -5.08. The van der Waals surface area contributed by atoms with Crippen molar-refractivity contribution in [1.82, 2.24) is 0 Å². The summed E-state index contributed by atoms with van der Waals surface area (Å²) in [4.78, 5) is 0. The van der Waals surface area contributed by atoms with E-state index < -0.39 is 21.4 Å². The predicted octanol–water partition coefficient (Wildman–Crippen LogP) is 28.6. The molecule has 13 heteroatoms. The minimum atomic E-state index is -5.74. The molecule has 2 saturated carbocycles. The van der Waals surface area contributed by atoms with Crippen molar-refractivity contribution < 1.29 is 35.5 Å². The van der Waals surface area contributed by atoms with Crippen LogP contribution in [0.5, 0.6) is 11.5 Å². The molecule has 1 radical (unpaired) electrons. The van der Waals surface area contributed by atoms with Gasteiger partial charge in [0.05, 0.1) is 4.70 Å². The molecule has 0 amide bonds. The minimum absolute atomic E-state index is 0.0613. The normalized spacial score (nSPS) is 13.7. The van der Waals surface area contributed by atoms with E-state index in [1.165, 1.54) is 189 Å². The van der Waals surface area contributed by atoms with E-state index in [0.29, 0.717) is 11.3 Å². The van der Waals surface area contributed by atoms with Crippen LogP contribution in [0.4, 0.5) is 13.2 Å². The van der Waals surface area contributed by atoms with Crippen LogP contribution < -0.4 is 14.1 Å². The molecule has 2 aliphatic carbocycles. The van der Waals surface area contributed by atoms with Crippen molar-refractivity contribution in [3.05, 3.63) is 321 Å². The summed E-state index contributed by atoms with van der Waals surface area (Å²) >= 11 is 3.56. The summed E-state index contributed by atoms with van der Waals surface area (Å²) in [5, 5.41) is 29.8. The van der Waals surface area contributed by atoms with Crippen LogP contribution in [0.25, 0.3) is 149 Å². The molecule has 1 N–H and O–H groups in total. The first-order valence-electron chi connectivity index (χ1n) is 38.5. The van der Waals surface area contributed by atoms with Gasteiger partial charge in [0, 0.05) is 35.6 Å². The van der Waals surface area contributed by atoms with E-state index in [9.17, 15) is 21.6 Å². The van der Waals surface area contributed by atoms with Crippen molar-refractivity contribution in [3.63, 3.8) is 0 Å². The smallest absolute Gasteiger partial charge is 0.536 e. The lowest BCUT2D eigenvalue weighted by Crippen LogP contribution is -2.28. The molecule has 112 heavy (non-hydrogen) atoms. The largest absolute Gasteiger partial charge is 0.569 e. The molecule has 2 aliphatic rings. The molecule has 16 aromatic carbocycles. The molecule has 0 atom stereocenters. The van der Waals surface area contributed by atoms with Crippen LogP contribution in [0.1, 0.15) is 75.3 Å². The highest BCUT2D eigenvalue weighted by Gasteiger charge is 2.48. The molecular formula is C99H80BF3O5PS3. The number of hydrogen-bond donors (Lipinski definition) is 1. The highest BCUT2D eigenvalue weighted by Crippen LogP contribution is 2.57. The molecule has 5 nitrogen and oxygen atoms in total. The van der Waals surface area contributed by atoms with E-state index in [1.54, 1.807) is 28.3 Å². The maximum atomic E-state index is 12.7. The van der Waals surface area contributed by atoms with Gasteiger partial charge < -0.3 is 13.9 Å². The van der Waals surface area contributed by atoms with Gasteiger partial charge in [-0.15, -0.1) is 22.7 Å². The van der Waals surface area contributed by atoms with E-state index in [2.05, 4.69) is 230 Å². The van der Waals surface area contributed by atoms with Crippen LogP contribution in [0.3, 0.4) is 0 Å². The second-order valence-corrected chi connectivity index (χ2v) is 35.7. The Morgan fingerprint density at radius 2 is 0.741 bits per heavy atom. The predicted molar refractivity (Wildman–Crippen MR) is 472 cm³/mol. The fourth-order valence-corrected chi connectivity index (χ4v) is 24.1. The summed E-state index contributed by atoms with van der Waals surface area (Å²) in [5.74, 6) is 0.296. The summed E-state index contributed by atoms with van der Waals surface area (Å²) < 4.78 is 75.1. The van der Waals surface area contributed by atoms with Crippen molar-refractivity contribution in [2.45, 2.75) is 94.9 Å². The van der Waals surface area contributed by atoms with Gasteiger partial charge in [-0.05, 0) is 225 Å². The van der Waals surface area contributed by atoms with Gasteiger partial charge in [0.2, 0.25) is 0 Å². The molecule has 0 saturated heterocycles.